The van der Waals surface area contributed by atoms with Crippen LogP contribution in [0.15, 0.2) is 51.3 Å². The van der Waals surface area contributed by atoms with Gasteiger partial charge in [-0.15, -0.1) is 0 Å². The van der Waals surface area contributed by atoms with E-state index >= 15 is 0 Å². The van der Waals surface area contributed by atoms with Crippen molar-refractivity contribution in [3.8, 4) is 0 Å². The molecule has 158 valence electrons. The van der Waals surface area contributed by atoms with E-state index in [-0.39, 0.29) is 11.6 Å². The Balaban J connectivity index is 1.78. The van der Waals surface area contributed by atoms with Crippen LogP contribution in [-0.4, -0.2) is 16.7 Å². The Labute approximate surface area is 179 Å². The Morgan fingerprint density at radius 2 is 1.52 bits per heavy atom. The number of carbonyl (C=O) groups is 2. The van der Waals surface area contributed by atoms with Crippen molar-refractivity contribution in [3.63, 3.8) is 0 Å². The quantitative estimate of drug-likeness (QED) is 0.421. The average molecular weight is 416 g/mol. The van der Waals surface area contributed by atoms with Crippen molar-refractivity contribution >= 4 is 33.5 Å². The number of rotatable bonds is 3. The van der Waals surface area contributed by atoms with Gasteiger partial charge in [-0.1, -0.05) is 0 Å². The summed E-state index contributed by atoms with van der Waals surface area (Å²) in [4.78, 5) is 23.8. The summed E-state index contributed by atoms with van der Waals surface area (Å²) in [6.45, 7) is 6.93. The molecule has 0 amide bonds. The predicted octanol–water partition coefficient (Wildman–Crippen LogP) is 5.89. The number of aliphatic hydroxyl groups is 1. The van der Waals surface area contributed by atoms with E-state index in [0.717, 1.165) is 22.1 Å². The monoisotopic (exact) mass is 416 g/mol. The van der Waals surface area contributed by atoms with E-state index in [4.69, 9.17) is 8.83 Å². The third-order valence-electron chi connectivity index (χ3n) is 6.71. The smallest absolute Gasteiger partial charge is 0.159 e. The average Bonchev–Trinajstić information content (AvgIpc) is 3.33. The van der Waals surface area contributed by atoms with Crippen molar-refractivity contribution in [2.24, 2.45) is 0 Å². The lowest BCUT2D eigenvalue weighted by Crippen LogP contribution is -2.37. The fraction of sp³-hybridized carbons (Fsp3) is 0.308. The second-order valence-electron chi connectivity index (χ2n) is 9.10. The molecule has 5 rings (SSSR count). The molecule has 0 bridgehead atoms. The SMILES string of the molecule is CC(=O)c1ccc2oc(C3(C)CC[C@](C)(O)c4oc5ccc(C(C)=O)cc5c43)cc2c1. The minimum absolute atomic E-state index is 0.00412. The molecular weight excluding hydrogens is 392 g/mol. The summed E-state index contributed by atoms with van der Waals surface area (Å²) >= 11 is 0. The number of hydrogen-bond donors (Lipinski definition) is 1. The summed E-state index contributed by atoms with van der Waals surface area (Å²) in [7, 11) is 0. The molecule has 31 heavy (non-hydrogen) atoms. The molecule has 0 saturated heterocycles. The molecule has 0 aliphatic heterocycles. The molecule has 0 spiro atoms. The first kappa shape index (κ1) is 19.8. The summed E-state index contributed by atoms with van der Waals surface area (Å²) in [5.41, 5.74) is 1.76. The number of hydrogen-bond acceptors (Lipinski definition) is 5. The van der Waals surface area contributed by atoms with Crippen LogP contribution in [0.3, 0.4) is 0 Å². The van der Waals surface area contributed by atoms with Crippen molar-refractivity contribution in [1.29, 1.82) is 0 Å². The van der Waals surface area contributed by atoms with Gasteiger partial charge in [0.05, 0.1) is 5.41 Å². The lowest BCUT2D eigenvalue weighted by molar-refractivity contribution is 0.00742. The number of fused-ring (bicyclic) bond motifs is 4. The van der Waals surface area contributed by atoms with Gasteiger partial charge in [-0.2, -0.15) is 0 Å². The zero-order chi connectivity index (χ0) is 22.1. The molecule has 2 aromatic carbocycles. The zero-order valence-corrected chi connectivity index (χ0v) is 18.0. The van der Waals surface area contributed by atoms with Crippen LogP contribution >= 0.6 is 0 Å². The van der Waals surface area contributed by atoms with Crippen LogP contribution in [0.1, 0.15) is 78.3 Å². The normalized spacial score (nSPS) is 23.3. The van der Waals surface area contributed by atoms with Gasteiger partial charge in [-0.3, -0.25) is 9.59 Å². The second-order valence-corrected chi connectivity index (χ2v) is 9.10. The van der Waals surface area contributed by atoms with Crippen molar-refractivity contribution in [3.05, 3.63) is 70.7 Å². The molecule has 0 fully saturated rings. The highest BCUT2D eigenvalue weighted by Crippen LogP contribution is 2.53. The van der Waals surface area contributed by atoms with Crippen molar-refractivity contribution in [1.82, 2.24) is 0 Å². The van der Waals surface area contributed by atoms with Crippen LogP contribution in [0.2, 0.25) is 0 Å². The van der Waals surface area contributed by atoms with E-state index in [1.807, 2.05) is 24.3 Å². The highest BCUT2D eigenvalue weighted by molar-refractivity contribution is 5.99. The second kappa shape index (κ2) is 6.41. The van der Waals surface area contributed by atoms with Gasteiger partial charge in [0.25, 0.3) is 0 Å². The van der Waals surface area contributed by atoms with Gasteiger partial charge in [0.1, 0.15) is 28.3 Å². The molecule has 2 atom stereocenters. The molecule has 5 heteroatoms. The summed E-state index contributed by atoms with van der Waals surface area (Å²) in [6, 6.07) is 12.8. The third-order valence-corrected chi connectivity index (χ3v) is 6.71. The first-order valence-electron chi connectivity index (χ1n) is 10.5. The number of furan rings is 2. The highest BCUT2D eigenvalue weighted by atomic mass is 16.4. The maximum Gasteiger partial charge on any atom is 0.159 e. The van der Waals surface area contributed by atoms with Gasteiger partial charge in [0, 0.05) is 27.5 Å². The minimum atomic E-state index is -1.11. The number of carbonyl (C=O) groups excluding carboxylic acids is 2. The predicted molar refractivity (Wildman–Crippen MR) is 118 cm³/mol. The van der Waals surface area contributed by atoms with Crippen molar-refractivity contribution in [2.45, 2.75) is 51.6 Å². The molecule has 2 heterocycles. The first-order valence-corrected chi connectivity index (χ1v) is 10.5. The van der Waals surface area contributed by atoms with E-state index in [9.17, 15) is 14.7 Å². The van der Waals surface area contributed by atoms with Crippen LogP contribution in [0, 0.1) is 0 Å². The molecule has 0 saturated carbocycles. The molecule has 5 nitrogen and oxygen atoms in total. The topological polar surface area (TPSA) is 80.7 Å². The molecule has 1 aliphatic carbocycles. The van der Waals surface area contributed by atoms with E-state index in [0.29, 0.717) is 40.9 Å². The van der Waals surface area contributed by atoms with E-state index in [2.05, 4.69) is 6.92 Å². The third kappa shape index (κ3) is 2.87. The number of Topliss-reactive ketones (excluding diaryl/α,β-unsaturated/α-hetero) is 2. The van der Waals surface area contributed by atoms with Gasteiger partial charge >= 0.3 is 0 Å². The van der Waals surface area contributed by atoms with Gasteiger partial charge in [-0.05, 0) is 83.0 Å². The van der Waals surface area contributed by atoms with Gasteiger partial charge < -0.3 is 13.9 Å². The van der Waals surface area contributed by atoms with E-state index < -0.39 is 11.0 Å². The van der Waals surface area contributed by atoms with Gasteiger partial charge in [0.2, 0.25) is 0 Å². The fourth-order valence-electron chi connectivity index (χ4n) is 4.76. The van der Waals surface area contributed by atoms with Crippen molar-refractivity contribution in [2.75, 3.05) is 0 Å². The number of ketones is 2. The minimum Gasteiger partial charge on any atom is -0.460 e. The molecule has 1 aliphatic rings. The first-order chi connectivity index (χ1) is 14.6. The Bertz CT molecular complexity index is 1380. The molecule has 0 radical (unpaired) electrons. The molecule has 2 aromatic heterocycles. The molecule has 1 unspecified atom stereocenters. The highest BCUT2D eigenvalue weighted by Gasteiger charge is 2.48. The summed E-state index contributed by atoms with van der Waals surface area (Å²) < 4.78 is 12.4. The van der Waals surface area contributed by atoms with Crippen LogP contribution < -0.4 is 0 Å². The zero-order valence-electron chi connectivity index (χ0n) is 18.0. The van der Waals surface area contributed by atoms with E-state index in [1.54, 1.807) is 32.0 Å². The maximum absolute atomic E-state index is 12.0. The van der Waals surface area contributed by atoms with Crippen LogP contribution in [-0.2, 0) is 11.0 Å². The van der Waals surface area contributed by atoms with E-state index in [1.165, 1.54) is 6.92 Å². The van der Waals surface area contributed by atoms with Crippen LogP contribution in [0.25, 0.3) is 21.9 Å². The largest absolute Gasteiger partial charge is 0.460 e. The summed E-state index contributed by atoms with van der Waals surface area (Å²) in [5, 5.41) is 12.8. The number of benzene rings is 2. The van der Waals surface area contributed by atoms with Crippen molar-refractivity contribution < 1.29 is 23.5 Å². The van der Waals surface area contributed by atoms with Crippen LogP contribution in [0.4, 0.5) is 0 Å². The Hall–Kier alpha value is -3.18. The standard InChI is InChI=1S/C26H24O5/c1-14(27)16-5-7-20-18(11-16)13-22(30-20)25(3)9-10-26(4,29)24-23(25)19-12-17(15(2)28)6-8-21(19)31-24/h5-8,11-13,29H,9-10H2,1-4H3/t25?,26-/m0/s1. The Kier molecular flexibility index (Phi) is 4.09. The molecule has 4 aromatic rings. The van der Waals surface area contributed by atoms with Crippen LogP contribution in [0.5, 0.6) is 0 Å². The van der Waals surface area contributed by atoms with Gasteiger partial charge in [0.15, 0.2) is 11.6 Å². The summed E-state index contributed by atoms with van der Waals surface area (Å²) in [5.74, 6) is 1.24. The Morgan fingerprint density at radius 3 is 2.19 bits per heavy atom. The summed E-state index contributed by atoms with van der Waals surface area (Å²) in [6.07, 6.45) is 1.15. The maximum atomic E-state index is 12.0. The lowest BCUT2D eigenvalue weighted by Gasteiger charge is -2.38. The molecular formula is C26H24O5. The van der Waals surface area contributed by atoms with Gasteiger partial charge in [-0.25, -0.2) is 0 Å². The fourth-order valence-corrected chi connectivity index (χ4v) is 4.76. The molecule has 1 N–H and O–H groups in total. The Morgan fingerprint density at radius 1 is 0.871 bits per heavy atom. The lowest BCUT2D eigenvalue weighted by atomic mass is 9.67.